The second-order valence-corrected chi connectivity index (χ2v) is 8.58. The quantitative estimate of drug-likeness (QED) is 0.390. The van der Waals surface area contributed by atoms with Crippen molar-refractivity contribution in [3.8, 4) is 5.69 Å². The van der Waals surface area contributed by atoms with Gasteiger partial charge in [-0.2, -0.15) is 0 Å². The highest BCUT2D eigenvalue weighted by atomic mass is 32.2. The third kappa shape index (κ3) is 2.85. The number of esters is 1. The minimum absolute atomic E-state index is 0.0554. The van der Waals surface area contributed by atoms with Crippen molar-refractivity contribution in [3.63, 3.8) is 0 Å². The lowest BCUT2D eigenvalue weighted by Gasteiger charge is -2.14. The fraction of sp³-hybridized carbons (Fsp3) is 0.316. The highest BCUT2D eigenvalue weighted by molar-refractivity contribution is 8.00. The summed E-state index contributed by atoms with van der Waals surface area (Å²) in [5.74, 6) is -0.336. The van der Waals surface area contributed by atoms with Crippen molar-refractivity contribution in [1.29, 1.82) is 0 Å². The van der Waals surface area contributed by atoms with Crippen LogP contribution >= 0.6 is 23.1 Å². The Balaban J connectivity index is 1.95. The van der Waals surface area contributed by atoms with Crippen LogP contribution in [0.25, 0.3) is 15.9 Å². The second-order valence-electron chi connectivity index (χ2n) is 6.19. The number of hydrogen-bond acceptors (Lipinski definition) is 6. The molecule has 1 aliphatic carbocycles. The number of carbonyl (C=O) groups is 1. The normalized spacial score (nSPS) is 14.4. The minimum Gasteiger partial charge on any atom is -0.468 e. The topological polar surface area (TPSA) is 61.2 Å². The van der Waals surface area contributed by atoms with Crippen LogP contribution in [0.15, 0.2) is 40.3 Å². The average molecular weight is 386 g/mol. The maximum Gasteiger partial charge on any atom is 0.318 e. The Kier molecular flexibility index (Phi) is 4.58. The maximum atomic E-state index is 13.4. The maximum absolute atomic E-state index is 13.4. The van der Waals surface area contributed by atoms with Gasteiger partial charge in [-0.15, -0.1) is 11.3 Å². The van der Waals surface area contributed by atoms with E-state index in [4.69, 9.17) is 9.72 Å². The fourth-order valence-electron chi connectivity index (χ4n) is 3.28. The standard InChI is InChI=1S/C19H18N2O3S2/c1-11(18(23)24-2)25-19-20-16-15(13-9-6-10-14(13)26-16)17(22)21(19)12-7-4-3-5-8-12/h3-5,7-8,11H,6,9-10H2,1-2H3/t11-/m0/s1. The number of rotatable bonds is 4. The lowest BCUT2D eigenvalue weighted by Crippen LogP contribution is -2.24. The van der Waals surface area contributed by atoms with Crippen LogP contribution in [0.1, 0.15) is 23.8 Å². The van der Waals surface area contributed by atoms with Crippen molar-refractivity contribution >= 4 is 39.3 Å². The molecule has 7 heteroatoms. The van der Waals surface area contributed by atoms with Gasteiger partial charge < -0.3 is 4.74 Å². The number of hydrogen-bond donors (Lipinski definition) is 0. The molecular formula is C19H18N2O3S2. The molecule has 0 spiro atoms. The summed E-state index contributed by atoms with van der Waals surface area (Å²) >= 11 is 2.86. The number of methoxy groups -OCH3 is 1. The molecule has 134 valence electrons. The van der Waals surface area contributed by atoms with Crippen molar-refractivity contribution in [2.24, 2.45) is 0 Å². The zero-order chi connectivity index (χ0) is 18.3. The van der Waals surface area contributed by atoms with E-state index >= 15 is 0 Å². The number of thioether (sulfide) groups is 1. The lowest BCUT2D eigenvalue weighted by atomic mass is 10.2. The molecular weight excluding hydrogens is 368 g/mol. The molecule has 0 unspecified atom stereocenters. The number of para-hydroxylation sites is 1. The Morgan fingerprint density at radius 1 is 1.31 bits per heavy atom. The third-order valence-electron chi connectivity index (χ3n) is 4.54. The summed E-state index contributed by atoms with van der Waals surface area (Å²) in [5.41, 5.74) is 1.86. The number of benzene rings is 1. The molecule has 1 aromatic carbocycles. The van der Waals surface area contributed by atoms with Crippen LogP contribution in [0.2, 0.25) is 0 Å². The Morgan fingerprint density at radius 2 is 2.08 bits per heavy atom. The molecule has 0 amide bonds. The van der Waals surface area contributed by atoms with Crippen molar-refractivity contribution in [3.05, 3.63) is 51.1 Å². The zero-order valence-electron chi connectivity index (χ0n) is 14.5. The molecule has 4 rings (SSSR count). The number of aromatic nitrogens is 2. The molecule has 0 aliphatic heterocycles. The van der Waals surface area contributed by atoms with Gasteiger partial charge in [0.25, 0.3) is 5.56 Å². The van der Waals surface area contributed by atoms with Crippen LogP contribution in [0, 0.1) is 0 Å². The van der Waals surface area contributed by atoms with E-state index in [1.54, 1.807) is 22.8 Å². The third-order valence-corrected chi connectivity index (χ3v) is 6.75. The molecule has 2 heterocycles. The molecule has 1 atom stereocenters. The van der Waals surface area contributed by atoms with Gasteiger partial charge in [-0.05, 0) is 43.9 Å². The van der Waals surface area contributed by atoms with E-state index in [0.717, 1.165) is 40.7 Å². The fourth-order valence-corrected chi connectivity index (χ4v) is 5.54. The summed E-state index contributed by atoms with van der Waals surface area (Å²) in [6.45, 7) is 1.76. The van der Waals surface area contributed by atoms with Gasteiger partial charge in [-0.25, -0.2) is 4.98 Å². The van der Waals surface area contributed by atoms with Crippen LogP contribution in [-0.4, -0.2) is 27.9 Å². The monoisotopic (exact) mass is 386 g/mol. The van der Waals surface area contributed by atoms with Gasteiger partial charge >= 0.3 is 5.97 Å². The minimum atomic E-state index is -0.453. The van der Waals surface area contributed by atoms with Gasteiger partial charge in [0.05, 0.1) is 18.2 Å². The summed E-state index contributed by atoms with van der Waals surface area (Å²) in [7, 11) is 1.37. The first-order chi connectivity index (χ1) is 12.6. The zero-order valence-corrected chi connectivity index (χ0v) is 16.2. The van der Waals surface area contributed by atoms with Crippen LogP contribution in [-0.2, 0) is 22.4 Å². The number of aryl methyl sites for hydroxylation is 2. The molecule has 0 fully saturated rings. The van der Waals surface area contributed by atoms with Gasteiger partial charge in [-0.3, -0.25) is 14.2 Å². The number of ether oxygens (including phenoxy) is 1. The van der Waals surface area contributed by atoms with Crippen molar-refractivity contribution in [2.75, 3.05) is 7.11 Å². The summed E-state index contributed by atoms with van der Waals surface area (Å²) in [6.07, 6.45) is 3.05. The van der Waals surface area contributed by atoms with E-state index < -0.39 is 5.25 Å². The molecule has 0 N–H and O–H groups in total. The van der Waals surface area contributed by atoms with E-state index in [1.807, 2.05) is 30.3 Å². The van der Waals surface area contributed by atoms with E-state index in [-0.39, 0.29) is 11.5 Å². The van der Waals surface area contributed by atoms with Gasteiger partial charge in [0.1, 0.15) is 10.1 Å². The predicted molar refractivity (Wildman–Crippen MR) is 105 cm³/mol. The number of nitrogens with zero attached hydrogens (tertiary/aromatic N) is 2. The van der Waals surface area contributed by atoms with Gasteiger partial charge in [0.2, 0.25) is 0 Å². The van der Waals surface area contributed by atoms with Crippen LogP contribution in [0.5, 0.6) is 0 Å². The van der Waals surface area contributed by atoms with Crippen LogP contribution in [0.4, 0.5) is 0 Å². The molecule has 0 radical (unpaired) electrons. The highest BCUT2D eigenvalue weighted by Crippen LogP contribution is 2.36. The molecule has 2 aromatic heterocycles. The highest BCUT2D eigenvalue weighted by Gasteiger charge is 2.25. The van der Waals surface area contributed by atoms with E-state index in [1.165, 1.54) is 23.7 Å². The van der Waals surface area contributed by atoms with E-state index in [0.29, 0.717) is 5.16 Å². The first-order valence-corrected chi connectivity index (χ1v) is 10.2. The summed E-state index contributed by atoms with van der Waals surface area (Å²) in [5, 5.41) is 0.805. The molecule has 26 heavy (non-hydrogen) atoms. The van der Waals surface area contributed by atoms with Crippen LogP contribution in [0.3, 0.4) is 0 Å². The van der Waals surface area contributed by atoms with Gasteiger partial charge in [-0.1, -0.05) is 30.0 Å². The number of carbonyl (C=O) groups excluding carboxylic acids is 1. The Bertz CT molecular complexity index is 1040. The lowest BCUT2D eigenvalue weighted by molar-refractivity contribution is -0.139. The van der Waals surface area contributed by atoms with E-state index in [9.17, 15) is 9.59 Å². The van der Waals surface area contributed by atoms with Crippen molar-refractivity contribution in [1.82, 2.24) is 9.55 Å². The summed E-state index contributed by atoms with van der Waals surface area (Å²) in [6, 6.07) is 9.46. The molecule has 3 aromatic rings. The predicted octanol–water partition coefficient (Wildman–Crippen LogP) is 3.59. The Morgan fingerprint density at radius 3 is 2.81 bits per heavy atom. The van der Waals surface area contributed by atoms with Crippen LogP contribution < -0.4 is 5.56 Å². The average Bonchev–Trinajstić information content (AvgIpc) is 3.22. The second kappa shape index (κ2) is 6.89. The van der Waals surface area contributed by atoms with Crippen molar-refractivity contribution < 1.29 is 9.53 Å². The number of thiophene rings is 1. The summed E-state index contributed by atoms with van der Waals surface area (Å²) in [4.78, 5) is 32.1. The van der Waals surface area contributed by atoms with Gasteiger partial charge in [0, 0.05) is 4.88 Å². The molecule has 5 nitrogen and oxygen atoms in total. The molecule has 1 aliphatic rings. The Hall–Kier alpha value is -2.12. The largest absolute Gasteiger partial charge is 0.468 e. The van der Waals surface area contributed by atoms with E-state index in [2.05, 4.69) is 0 Å². The number of fused-ring (bicyclic) bond motifs is 3. The summed E-state index contributed by atoms with van der Waals surface area (Å²) < 4.78 is 6.45. The molecule has 0 bridgehead atoms. The first kappa shape index (κ1) is 17.3. The molecule has 0 saturated heterocycles. The SMILES string of the molecule is COC(=O)[C@H](C)Sc1nc2sc3c(c2c(=O)n1-c1ccccc1)CCC3. The Labute approximate surface area is 159 Å². The molecule has 0 saturated carbocycles. The van der Waals surface area contributed by atoms with Crippen molar-refractivity contribution in [2.45, 2.75) is 36.6 Å². The first-order valence-electron chi connectivity index (χ1n) is 8.47. The van der Waals surface area contributed by atoms with Gasteiger partial charge in [0.15, 0.2) is 5.16 Å². The smallest absolute Gasteiger partial charge is 0.318 e.